The number of methoxy groups -OCH3 is 1. The van der Waals surface area contributed by atoms with Crippen molar-refractivity contribution in [3.05, 3.63) is 29.3 Å². The maximum atomic E-state index is 13.9. The fraction of sp³-hybridized carbons (Fsp3) is 0.611. The summed E-state index contributed by atoms with van der Waals surface area (Å²) in [7, 11) is 1.54. The summed E-state index contributed by atoms with van der Waals surface area (Å²) in [6.45, 7) is 0.515. The van der Waals surface area contributed by atoms with Gasteiger partial charge in [-0.1, -0.05) is 0 Å². The molecule has 1 atom stereocenters. The Morgan fingerprint density at radius 3 is 2.03 bits per heavy atom. The number of carbonyl (C=O) groups excluding carboxylic acids is 1. The number of carbonyl (C=O) groups is 1. The van der Waals surface area contributed by atoms with Crippen molar-refractivity contribution in [3.8, 4) is 5.75 Å². The molecule has 0 heterocycles. The normalized spacial score (nSPS) is 21.7. The fourth-order valence-corrected chi connectivity index (χ4v) is 3.26. The molecule has 1 aromatic carbocycles. The van der Waals surface area contributed by atoms with Gasteiger partial charge in [0.2, 0.25) is 0 Å². The van der Waals surface area contributed by atoms with Crippen molar-refractivity contribution in [2.75, 3.05) is 13.7 Å². The van der Waals surface area contributed by atoms with E-state index in [1.807, 2.05) is 0 Å². The summed E-state index contributed by atoms with van der Waals surface area (Å²) in [6, 6.07) is 0.258. The number of rotatable bonds is 6. The Morgan fingerprint density at radius 1 is 1.07 bits per heavy atom. The number of hydrogen-bond acceptors (Lipinski definition) is 3. The van der Waals surface area contributed by atoms with Crippen LogP contribution in [0.5, 0.6) is 5.75 Å². The van der Waals surface area contributed by atoms with Crippen molar-refractivity contribution >= 4 is 5.97 Å². The molecule has 1 unspecified atom stereocenters. The summed E-state index contributed by atoms with van der Waals surface area (Å²) in [5, 5.41) is 0. The second-order valence-corrected chi connectivity index (χ2v) is 6.88. The average molecular weight is 434 g/mol. The smallest absolute Gasteiger partial charge is 0.426 e. The fourth-order valence-electron chi connectivity index (χ4n) is 3.26. The summed E-state index contributed by atoms with van der Waals surface area (Å²) < 4.78 is 115. The van der Waals surface area contributed by atoms with Gasteiger partial charge in [-0.15, -0.1) is 0 Å². The van der Waals surface area contributed by atoms with Gasteiger partial charge >= 0.3 is 18.1 Å². The van der Waals surface area contributed by atoms with Gasteiger partial charge in [-0.25, -0.2) is 13.2 Å². The topological polar surface area (TPSA) is 35.5 Å². The van der Waals surface area contributed by atoms with E-state index in [1.54, 1.807) is 0 Å². The van der Waals surface area contributed by atoms with Gasteiger partial charge < -0.3 is 9.47 Å². The first-order valence-electron chi connectivity index (χ1n) is 8.66. The molecule has 11 heteroatoms. The molecule has 1 aliphatic rings. The molecule has 2 rings (SSSR count). The summed E-state index contributed by atoms with van der Waals surface area (Å²) in [5.74, 6) is -11.8. The van der Waals surface area contributed by atoms with Crippen LogP contribution in [0.25, 0.3) is 0 Å². The predicted molar refractivity (Wildman–Crippen MR) is 84.2 cm³/mol. The Hall–Kier alpha value is -1.91. The van der Waals surface area contributed by atoms with E-state index in [-0.39, 0.29) is 18.1 Å². The molecular weight excluding hydrogens is 416 g/mol. The molecule has 29 heavy (non-hydrogen) atoms. The highest BCUT2D eigenvalue weighted by molar-refractivity contribution is 5.75. The molecule has 1 aliphatic carbocycles. The highest BCUT2D eigenvalue weighted by atomic mass is 19.4. The highest BCUT2D eigenvalue weighted by Crippen LogP contribution is 2.44. The Morgan fingerprint density at radius 2 is 1.59 bits per heavy atom. The summed E-state index contributed by atoms with van der Waals surface area (Å²) in [4.78, 5) is 12.1. The van der Waals surface area contributed by atoms with Gasteiger partial charge in [0.15, 0.2) is 0 Å². The van der Waals surface area contributed by atoms with Crippen LogP contribution >= 0.6 is 0 Å². The van der Waals surface area contributed by atoms with Gasteiger partial charge in [0.1, 0.15) is 17.4 Å². The quantitative estimate of drug-likeness (QED) is 0.346. The first-order chi connectivity index (χ1) is 13.4. The van der Waals surface area contributed by atoms with Gasteiger partial charge in [-0.3, -0.25) is 4.79 Å². The van der Waals surface area contributed by atoms with Gasteiger partial charge in [-0.05, 0) is 31.6 Å². The Bertz CT molecular complexity index is 703. The van der Waals surface area contributed by atoms with Crippen molar-refractivity contribution in [1.82, 2.24) is 0 Å². The van der Waals surface area contributed by atoms with E-state index < -0.39 is 53.1 Å². The minimum atomic E-state index is -6.03. The van der Waals surface area contributed by atoms with E-state index in [9.17, 15) is 39.9 Å². The summed E-state index contributed by atoms with van der Waals surface area (Å²) in [5.41, 5.74) is -2.39. The number of esters is 1. The van der Waals surface area contributed by atoms with Crippen molar-refractivity contribution < 1.29 is 49.4 Å². The first-order valence-corrected chi connectivity index (χ1v) is 8.66. The summed E-state index contributed by atoms with van der Waals surface area (Å²) in [6.07, 6.45) is -8.70. The van der Waals surface area contributed by atoms with Gasteiger partial charge in [0.05, 0.1) is 11.5 Å². The molecule has 164 valence electrons. The van der Waals surface area contributed by atoms with Crippen LogP contribution in [0.3, 0.4) is 0 Å². The van der Waals surface area contributed by atoms with Crippen molar-refractivity contribution in [2.45, 2.75) is 44.0 Å². The number of benzene rings is 1. The molecule has 0 radical (unpaired) electrons. The molecule has 0 spiro atoms. The minimum absolute atomic E-state index is 0.129. The Balaban J connectivity index is 2.14. The molecule has 0 saturated heterocycles. The monoisotopic (exact) mass is 434 g/mol. The number of halogens is 8. The molecule has 0 aromatic heterocycles. The first kappa shape index (κ1) is 23.4. The number of alkyl halides is 6. The molecule has 0 bridgehead atoms. The van der Waals surface area contributed by atoms with Crippen LogP contribution in [-0.4, -0.2) is 32.0 Å². The third-order valence-electron chi connectivity index (χ3n) is 4.76. The molecule has 1 aromatic rings. The van der Waals surface area contributed by atoms with E-state index in [2.05, 4.69) is 0 Å². The lowest BCUT2D eigenvalue weighted by Crippen LogP contribution is -2.40. The zero-order valence-corrected chi connectivity index (χ0v) is 15.2. The van der Waals surface area contributed by atoms with Crippen molar-refractivity contribution in [2.24, 2.45) is 11.8 Å². The molecular formula is C18H18F8O3. The maximum absolute atomic E-state index is 13.9. The standard InChI is InChI=1S/C18H18F8O3/c1-28-8-9-2-4-10(5-3-9)15(27)29-11-6-12(19)14(13(20)7-11)17(22,23)16(21)18(24,25)26/h6-7,9-10,16H,2-5,8H2,1H3. The Labute approximate surface area is 161 Å². The van der Waals surface area contributed by atoms with Crippen LogP contribution in [0, 0.1) is 23.5 Å². The van der Waals surface area contributed by atoms with Crippen LogP contribution < -0.4 is 4.74 Å². The van der Waals surface area contributed by atoms with Crippen LogP contribution in [0.2, 0.25) is 0 Å². The molecule has 0 N–H and O–H groups in total. The van der Waals surface area contributed by atoms with E-state index in [4.69, 9.17) is 9.47 Å². The second-order valence-electron chi connectivity index (χ2n) is 6.88. The zero-order valence-electron chi connectivity index (χ0n) is 15.2. The van der Waals surface area contributed by atoms with Crippen molar-refractivity contribution in [1.29, 1.82) is 0 Å². The third kappa shape index (κ3) is 5.37. The van der Waals surface area contributed by atoms with Gasteiger partial charge in [-0.2, -0.15) is 22.0 Å². The second kappa shape index (κ2) is 8.85. The largest absolute Gasteiger partial charge is 0.426 e. The lowest BCUT2D eigenvalue weighted by Gasteiger charge is -2.26. The van der Waals surface area contributed by atoms with E-state index in [0.29, 0.717) is 32.3 Å². The zero-order chi connectivity index (χ0) is 22.0. The Kier molecular flexibility index (Phi) is 7.13. The number of ether oxygens (including phenoxy) is 2. The molecule has 3 nitrogen and oxygen atoms in total. The van der Waals surface area contributed by atoms with Crippen LogP contribution in [0.1, 0.15) is 31.2 Å². The van der Waals surface area contributed by atoms with Crippen LogP contribution in [0.15, 0.2) is 12.1 Å². The van der Waals surface area contributed by atoms with E-state index >= 15 is 0 Å². The van der Waals surface area contributed by atoms with E-state index in [1.165, 1.54) is 7.11 Å². The maximum Gasteiger partial charge on any atom is 0.426 e. The van der Waals surface area contributed by atoms with Crippen LogP contribution in [0.4, 0.5) is 35.1 Å². The number of hydrogen-bond donors (Lipinski definition) is 0. The summed E-state index contributed by atoms with van der Waals surface area (Å²) >= 11 is 0. The predicted octanol–water partition coefficient (Wildman–Crippen LogP) is 5.32. The lowest BCUT2D eigenvalue weighted by molar-refractivity contribution is -0.249. The highest BCUT2D eigenvalue weighted by Gasteiger charge is 2.59. The average Bonchev–Trinajstić information content (AvgIpc) is 2.60. The van der Waals surface area contributed by atoms with Crippen LogP contribution in [-0.2, 0) is 15.5 Å². The van der Waals surface area contributed by atoms with Gasteiger partial charge in [0.25, 0.3) is 6.17 Å². The molecule has 1 fully saturated rings. The van der Waals surface area contributed by atoms with E-state index in [0.717, 1.165) is 0 Å². The molecule has 0 amide bonds. The SMILES string of the molecule is COCC1CCC(C(=O)Oc2cc(F)c(C(F)(F)C(F)C(F)(F)F)c(F)c2)CC1. The molecule has 0 aliphatic heterocycles. The lowest BCUT2D eigenvalue weighted by atomic mass is 9.82. The minimum Gasteiger partial charge on any atom is -0.426 e. The van der Waals surface area contributed by atoms with Gasteiger partial charge in [0, 0.05) is 25.8 Å². The molecule has 1 saturated carbocycles. The van der Waals surface area contributed by atoms with Crippen molar-refractivity contribution in [3.63, 3.8) is 0 Å². The third-order valence-corrected chi connectivity index (χ3v) is 4.76.